The highest BCUT2D eigenvalue weighted by atomic mass is 35.5. The third kappa shape index (κ3) is 5.56. The molecule has 4 rings (SSSR count). The zero-order chi connectivity index (χ0) is 25.7. The summed E-state index contributed by atoms with van der Waals surface area (Å²) < 4.78 is 16.9. The SMILES string of the molecule is CCOc1cc(/C=C2\SC(=S)N(c3ccccc3C(=O)OC)C2=O)ccc1OCc1ccccc1Cl. The van der Waals surface area contributed by atoms with Crippen LogP contribution >= 0.6 is 35.6 Å². The third-order valence-electron chi connectivity index (χ3n) is 5.25. The second-order valence-electron chi connectivity index (χ2n) is 7.55. The minimum Gasteiger partial charge on any atom is -0.490 e. The quantitative estimate of drug-likeness (QED) is 0.184. The number of nitrogens with zero attached hydrogens (tertiary/aromatic N) is 1. The van der Waals surface area contributed by atoms with Crippen LogP contribution in [0.2, 0.25) is 5.02 Å². The standard InChI is InChI=1S/C27H22ClNO5S2/c1-3-33-23-14-17(12-13-22(23)34-16-18-8-4-6-10-20(18)28)15-24-25(30)29(27(35)36-24)21-11-7-5-9-19(21)26(31)32-2/h4-15H,3,16H2,1-2H3/b24-15-. The second-order valence-corrected chi connectivity index (χ2v) is 9.63. The Morgan fingerprint density at radius 3 is 2.56 bits per heavy atom. The van der Waals surface area contributed by atoms with E-state index in [2.05, 4.69) is 0 Å². The van der Waals surface area contributed by atoms with Crippen LogP contribution in [0.25, 0.3) is 6.08 Å². The van der Waals surface area contributed by atoms with Crippen LogP contribution in [0.3, 0.4) is 0 Å². The summed E-state index contributed by atoms with van der Waals surface area (Å²) in [6, 6.07) is 19.6. The summed E-state index contributed by atoms with van der Waals surface area (Å²) in [5.41, 5.74) is 2.25. The first-order valence-corrected chi connectivity index (χ1v) is 12.6. The molecule has 184 valence electrons. The smallest absolute Gasteiger partial charge is 0.339 e. The topological polar surface area (TPSA) is 65.1 Å². The van der Waals surface area contributed by atoms with Gasteiger partial charge in [-0.25, -0.2) is 4.79 Å². The maximum absolute atomic E-state index is 13.3. The van der Waals surface area contributed by atoms with Gasteiger partial charge < -0.3 is 14.2 Å². The first-order chi connectivity index (χ1) is 17.4. The van der Waals surface area contributed by atoms with E-state index < -0.39 is 5.97 Å². The molecule has 0 bridgehead atoms. The van der Waals surface area contributed by atoms with Gasteiger partial charge >= 0.3 is 5.97 Å². The van der Waals surface area contributed by atoms with Crippen LogP contribution in [0.15, 0.2) is 71.6 Å². The molecule has 9 heteroatoms. The fourth-order valence-corrected chi connectivity index (χ4v) is 5.03. The molecule has 0 saturated carbocycles. The molecule has 1 amide bonds. The summed E-state index contributed by atoms with van der Waals surface area (Å²) in [4.78, 5) is 27.3. The molecule has 1 heterocycles. The highest BCUT2D eigenvalue weighted by Gasteiger charge is 2.35. The molecule has 36 heavy (non-hydrogen) atoms. The zero-order valence-corrected chi connectivity index (χ0v) is 21.9. The molecule has 0 radical (unpaired) electrons. The molecular formula is C27H22ClNO5S2. The molecule has 1 saturated heterocycles. The van der Waals surface area contributed by atoms with Gasteiger partial charge in [0, 0.05) is 10.6 Å². The molecule has 0 spiro atoms. The normalized spacial score (nSPS) is 14.3. The monoisotopic (exact) mass is 539 g/mol. The van der Waals surface area contributed by atoms with E-state index in [1.807, 2.05) is 37.3 Å². The summed E-state index contributed by atoms with van der Waals surface area (Å²) in [5.74, 6) is 0.244. The fraction of sp³-hybridized carbons (Fsp3) is 0.148. The molecular weight excluding hydrogens is 518 g/mol. The fourth-order valence-electron chi connectivity index (χ4n) is 3.55. The number of para-hydroxylation sites is 1. The Kier molecular flexibility index (Phi) is 8.30. The van der Waals surface area contributed by atoms with Crippen molar-refractivity contribution in [3.05, 3.63) is 93.3 Å². The molecule has 1 fully saturated rings. The highest BCUT2D eigenvalue weighted by molar-refractivity contribution is 8.27. The van der Waals surface area contributed by atoms with Gasteiger partial charge in [-0.1, -0.05) is 72.0 Å². The van der Waals surface area contributed by atoms with E-state index in [0.717, 1.165) is 22.9 Å². The van der Waals surface area contributed by atoms with Gasteiger partial charge in [0.15, 0.2) is 15.8 Å². The molecule has 0 unspecified atom stereocenters. The lowest BCUT2D eigenvalue weighted by molar-refractivity contribution is -0.113. The van der Waals surface area contributed by atoms with Crippen molar-refractivity contribution in [2.24, 2.45) is 0 Å². The van der Waals surface area contributed by atoms with Crippen LogP contribution in [0.1, 0.15) is 28.4 Å². The number of methoxy groups -OCH3 is 1. The van der Waals surface area contributed by atoms with Crippen molar-refractivity contribution in [3.63, 3.8) is 0 Å². The molecule has 0 aromatic heterocycles. The lowest BCUT2D eigenvalue weighted by Crippen LogP contribution is -2.29. The molecule has 1 aliphatic rings. The molecule has 0 N–H and O–H groups in total. The third-order valence-corrected chi connectivity index (χ3v) is 6.92. The Bertz CT molecular complexity index is 1360. The van der Waals surface area contributed by atoms with Crippen LogP contribution in [0, 0.1) is 0 Å². The van der Waals surface area contributed by atoms with Crippen LogP contribution in [0.4, 0.5) is 5.69 Å². The van der Waals surface area contributed by atoms with Crippen molar-refractivity contribution < 1.29 is 23.8 Å². The summed E-state index contributed by atoms with van der Waals surface area (Å²) in [5, 5.41) is 0.628. The Balaban J connectivity index is 1.59. The van der Waals surface area contributed by atoms with Crippen LogP contribution in [0.5, 0.6) is 11.5 Å². The zero-order valence-electron chi connectivity index (χ0n) is 19.5. The first kappa shape index (κ1) is 25.8. The lowest BCUT2D eigenvalue weighted by Gasteiger charge is -2.17. The van der Waals surface area contributed by atoms with Crippen LogP contribution in [-0.2, 0) is 16.1 Å². The van der Waals surface area contributed by atoms with E-state index in [1.54, 1.807) is 42.5 Å². The number of ether oxygens (including phenoxy) is 3. The maximum Gasteiger partial charge on any atom is 0.339 e. The molecule has 0 atom stereocenters. The summed E-state index contributed by atoms with van der Waals surface area (Å²) in [6.45, 7) is 2.62. The van der Waals surface area contributed by atoms with Gasteiger partial charge in [0.05, 0.1) is 29.9 Å². The van der Waals surface area contributed by atoms with Crippen LogP contribution < -0.4 is 14.4 Å². The molecule has 6 nitrogen and oxygen atoms in total. The van der Waals surface area contributed by atoms with E-state index in [9.17, 15) is 9.59 Å². The minimum atomic E-state index is -0.544. The van der Waals surface area contributed by atoms with Gasteiger partial charge in [-0.2, -0.15) is 0 Å². The first-order valence-electron chi connectivity index (χ1n) is 11.0. The average molecular weight is 540 g/mol. The lowest BCUT2D eigenvalue weighted by atomic mass is 10.1. The number of thioether (sulfide) groups is 1. The maximum atomic E-state index is 13.3. The van der Waals surface area contributed by atoms with E-state index >= 15 is 0 Å². The molecule has 0 aliphatic carbocycles. The minimum absolute atomic E-state index is 0.260. The second kappa shape index (κ2) is 11.6. The number of anilines is 1. The van der Waals surface area contributed by atoms with Gasteiger partial charge in [-0.3, -0.25) is 9.69 Å². The number of carbonyl (C=O) groups excluding carboxylic acids is 2. The van der Waals surface area contributed by atoms with Crippen molar-refractivity contribution in [1.82, 2.24) is 0 Å². The number of rotatable bonds is 8. The highest BCUT2D eigenvalue weighted by Crippen LogP contribution is 2.38. The van der Waals surface area contributed by atoms with E-state index in [-0.39, 0.29) is 18.1 Å². The van der Waals surface area contributed by atoms with E-state index in [1.165, 1.54) is 12.0 Å². The van der Waals surface area contributed by atoms with Gasteiger partial charge in [-0.15, -0.1) is 0 Å². The average Bonchev–Trinajstić information content (AvgIpc) is 3.16. The Hall–Kier alpha value is -3.33. The van der Waals surface area contributed by atoms with Gasteiger partial charge in [-0.05, 0) is 48.9 Å². The number of amides is 1. The number of esters is 1. The molecule has 3 aromatic carbocycles. The number of hydrogen-bond donors (Lipinski definition) is 0. The number of carbonyl (C=O) groups is 2. The largest absolute Gasteiger partial charge is 0.490 e. The summed E-state index contributed by atoms with van der Waals surface area (Å²) >= 11 is 12.9. The number of halogens is 1. The van der Waals surface area contributed by atoms with Gasteiger partial charge in [0.2, 0.25) is 0 Å². The summed E-state index contributed by atoms with van der Waals surface area (Å²) in [7, 11) is 1.29. The summed E-state index contributed by atoms with van der Waals surface area (Å²) in [6.07, 6.45) is 1.74. The predicted octanol–water partition coefficient (Wildman–Crippen LogP) is 6.51. The van der Waals surface area contributed by atoms with Crippen molar-refractivity contribution in [2.75, 3.05) is 18.6 Å². The van der Waals surface area contributed by atoms with Crippen molar-refractivity contribution in [1.29, 1.82) is 0 Å². The van der Waals surface area contributed by atoms with Crippen LogP contribution in [-0.4, -0.2) is 29.9 Å². The molecule has 1 aliphatic heterocycles. The Labute approximate surface area is 223 Å². The Morgan fingerprint density at radius 1 is 1.06 bits per heavy atom. The number of thiocarbonyl (C=S) groups is 1. The van der Waals surface area contributed by atoms with Crippen molar-refractivity contribution in [2.45, 2.75) is 13.5 Å². The predicted molar refractivity (Wildman–Crippen MR) is 147 cm³/mol. The van der Waals surface area contributed by atoms with Gasteiger partial charge in [0.1, 0.15) is 6.61 Å². The van der Waals surface area contributed by atoms with E-state index in [4.69, 9.17) is 38.0 Å². The Morgan fingerprint density at radius 2 is 1.81 bits per heavy atom. The van der Waals surface area contributed by atoms with E-state index in [0.29, 0.717) is 38.0 Å². The van der Waals surface area contributed by atoms with Gasteiger partial charge in [0.25, 0.3) is 5.91 Å². The van der Waals surface area contributed by atoms with Crippen molar-refractivity contribution >= 4 is 63.5 Å². The number of hydrogen-bond acceptors (Lipinski definition) is 7. The molecule has 3 aromatic rings. The van der Waals surface area contributed by atoms with Crippen molar-refractivity contribution in [3.8, 4) is 11.5 Å². The number of benzene rings is 3.